The van der Waals surface area contributed by atoms with Crippen LogP contribution in [-0.4, -0.2) is 38.3 Å². The van der Waals surface area contributed by atoms with Crippen LogP contribution in [0.3, 0.4) is 0 Å². The Kier molecular flexibility index (Phi) is 6.03. The van der Waals surface area contributed by atoms with Crippen LogP contribution in [0.15, 0.2) is 18.2 Å². The SMILES string of the molecule is O=C(CNS(=O)(=O)N1CCCCCC1)Nc1ccc(F)c(F)c1. The summed E-state index contributed by atoms with van der Waals surface area (Å²) in [5.41, 5.74) is 0.0582. The molecule has 1 saturated heterocycles. The number of nitrogens with zero attached hydrogens (tertiary/aromatic N) is 1. The van der Waals surface area contributed by atoms with E-state index < -0.39 is 34.3 Å². The molecule has 1 aromatic rings. The third-order valence-electron chi connectivity index (χ3n) is 3.52. The topological polar surface area (TPSA) is 78.5 Å². The summed E-state index contributed by atoms with van der Waals surface area (Å²) in [5.74, 6) is -2.77. The largest absolute Gasteiger partial charge is 0.325 e. The number of hydrogen-bond acceptors (Lipinski definition) is 3. The fourth-order valence-corrected chi connectivity index (χ4v) is 3.54. The molecule has 0 radical (unpaired) electrons. The number of benzene rings is 1. The number of nitrogens with one attached hydrogen (secondary N) is 2. The van der Waals surface area contributed by atoms with E-state index >= 15 is 0 Å². The first-order valence-electron chi connectivity index (χ1n) is 7.38. The van der Waals surface area contributed by atoms with E-state index in [0.717, 1.165) is 37.8 Å². The molecule has 0 spiro atoms. The van der Waals surface area contributed by atoms with Gasteiger partial charge in [-0.2, -0.15) is 17.4 Å². The zero-order valence-corrected chi connectivity index (χ0v) is 13.3. The molecule has 2 N–H and O–H groups in total. The maximum Gasteiger partial charge on any atom is 0.279 e. The molecule has 23 heavy (non-hydrogen) atoms. The molecule has 0 bridgehead atoms. The predicted molar refractivity (Wildman–Crippen MR) is 82.0 cm³/mol. The second-order valence-corrected chi connectivity index (χ2v) is 7.07. The fourth-order valence-electron chi connectivity index (χ4n) is 2.31. The van der Waals surface area contributed by atoms with Crippen LogP contribution in [0, 0.1) is 11.6 Å². The van der Waals surface area contributed by atoms with Crippen molar-refractivity contribution in [3.63, 3.8) is 0 Å². The molecular weight excluding hydrogens is 328 g/mol. The standard InChI is InChI=1S/C14H19F2N3O3S/c15-12-6-5-11(9-13(12)16)18-14(20)10-17-23(21,22)19-7-3-1-2-4-8-19/h5-6,9,17H,1-4,7-8,10H2,(H,18,20). The summed E-state index contributed by atoms with van der Waals surface area (Å²) in [4.78, 5) is 11.7. The summed E-state index contributed by atoms with van der Waals surface area (Å²) in [6.07, 6.45) is 3.56. The van der Waals surface area contributed by atoms with Crippen LogP contribution >= 0.6 is 0 Å². The second-order valence-electron chi connectivity index (χ2n) is 5.32. The summed E-state index contributed by atoms with van der Waals surface area (Å²) in [7, 11) is -3.72. The van der Waals surface area contributed by atoms with Gasteiger partial charge in [0.1, 0.15) is 0 Å². The molecule has 0 aliphatic carbocycles. The van der Waals surface area contributed by atoms with Gasteiger partial charge in [0.25, 0.3) is 10.2 Å². The van der Waals surface area contributed by atoms with Crippen molar-refractivity contribution in [2.45, 2.75) is 25.7 Å². The maximum absolute atomic E-state index is 13.0. The van der Waals surface area contributed by atoms with Crippen LogP contribution in [0.1, 0.15) is 25.7 Å². The maximum atomic E-state index is 13.0. The number of hydrogen-bond donors (Lipinski definition) is 2. The van der Waals surface area contributed by atoms with E-state index in [1.807, 2.05) is 0 Å². The Labute approximate surface area is 134 Å². The summed E-state index contributed by atoms with van der Waals surface area (Å²) < 4.78 is 53.6. The minimum Gasteiger partial charge on any atom is -0.325 e. The van der Waals surface area contributed by atoms with Gasteiger partial charge in [0.2, 0.25) is 5.91 Å². The van der Waals surface area contributed by atoms with Crippen molar-refractivity contribution in [3.05, 3.63) is 29.8 Å². The molecular formula is C14H19F2N3O3S. The van der Waals surface area contributed by atoms with Gasteiger partial charge in [-0.1, -0.05) is 12.8 Å². The quantitative estimate of drug-likeness (QED) is 0.849. The van der Waals surface area contributed by atoms with E-state index in [9.17, 15) is 22.0 Å². The average Bonchev–Trinajstić information content (AvgIpc) is 2.79. The molecule has 1 aromatic carbocycles. The Morgan fingerprint density at radius 2 is 1.74 bits per heavy atom. The third-order valence-corrected chi connectivity index (χ3v) is 5.08. The van der Waals surface area contributed by atoms with Crippen LogP contribution in [0.25, 0.3) is 0 Å². The minimum absolute atomic E-state index is 0.0582. The van der Waals surface area contributed by atoms with Crippen molar-refractivity contribution in [1.82, 2.24) is 9.03 Å². The zero-order chi connectivity index (χ0) is 16.9. The lowest BCUT2D eigenvalue weighted by Crippen LogP contribution is -2.44. The van der Waals surface area contributed by atoms with Crippen molar-refractivity contribution < 1.29 is 22.0 Å². The second kappa shape index (κ2) is 7.80. The van der Waals surface area contributed by atoms with E-state index in [1.165, 1.54) is 10.4 Å². The Morgan fingerprint density at radius 1 is 1.09 bits per heavy atom. The Bertz CT molecular complexity index is 659. The molecule has 0 atom stereocenters. The lowest BCUT2D eigenvalue weighted by atomic mass is 10.2. The molecule has 0 unspecified atom stereocenters. The Morgan fingerprint density at radius 3 is 2.35 bits per heavy atom. The molecule has 1 aliphatic heterocycles. The van der Waals surface area contributed by atoms with Crippen LogP contribution in [-0.2, 0) is 15.0 Å². The number of halogens is 2. The van der Waals surface area contributed by atoms with Crippen molar-refractivity contribution >= 4 is 21.8 Å². The van der Waals surface area contributed by atoms with Gasteiger partial charge in [0.15, 0.2) is 11.6 Å². The number of anilines is 1. The number of rotatable bonds is 5. The molecule has 0 saturated carbocycles. The predicted octanol–water partition coefficient (Wildman–Crippen LogP) is 1.61. The van der Waals surface area contributed by atoms with E-state index in [1.54, 1.807) is 0 Å². The highest BCUT2D eigenvalue weighted by molar-refractivity contribution is 7.87. The molecule has 9 heteroatoms. The van der Waals surface area contributed by atoms with Gasteiger partial charge in [-0.25, -0.2) is 8.78 Å². The Balaban J connectivity index is 1.88. The highest BCUT2D eigenvalue weighted by atomic mass is 32.2. The van der Waals surface area contributed by atoms with E-state index in [2.05, 4.69) is 10.0 Å². The molecule has 1 fully saturated rings. The third kappa shape index (κ3) is 5.22. The lowest BCUT2D eigenvalue weighted by molar-refractivity contribution is -0.115. The molecule has 128 valence electrons. The van der Waals surface area contributed by atoms with Crippen molar-refractivity contribution in [2.75, 3.05) is 25.0 Å². The number of carbonyl (C=O) groups excluding carboxylic acids is 1. The van der Waals surface area contributed by atoms with Crippen LogP contribution in [0.2, 0.25) is 0 Å². The van der Waals surface area contributed by atoms with E-state index in [0.29, 0.717) is 13.1 Å². The van der Waals surface area contributed by atoms with Gasteiger partial charge in [-0.05, 0) is 25.0 Å². The van der Waals surface area contributed by atoms with Crippen LogP contribution < -0.4 is 10.0 Å². The minimum atomic E-state index is -3.72. The summed E-state index contributed by atoms with van der Waals surface area (Å²) in [6, 6.07) is 2.91. The summed E-state index contributed by atoms with van der Waals surface area (Å²) >= 11 is 0. The van der Waals surface area contributed by atoms with E-state index in [-0.39, 0.29) is 5.69 Å². The average molecular weight is 347 g/mol. The van der Waals surface area contributed by atoms with Gasteiger partial charge >= 0.3 is 0 Å². The Hall–Kier alpha value is -1.58. The lowest BCUT2D eigenvalue weighted by Gasteiger charge is -2.20. The van der Waals surface area contributed by atoms with Crippen molar-refractivity contribution in [3.8, 4) is 0 Å². The van der Waals surface area contributed by atoms with Crippen LogP contribution in [0.5, 0.6) is 0 Å². The molecule has 2 rings (SSSR count). The summed E-state index contributed by atoms with van der Waals surface area (Å²) in [5, 5.41) is 2.31. The van der Waals surface area contributed by atoms with Gasteiger partial charge in [0, 0.05) is 24.8 Å². The zero-order valence-electron chi connectivity index (χ0n) is 12.5. The number of carbonyl (C=O) groups is 1. The summed E-state index contributed by atoms with van der Waals surface area (Å²) in [6.45, 7) is 0.387. The van der Waals surface area contributed by atoms with E-state index in [4.69, 9.17) is 0 Å². The first-order chi connectivity index (χ1) is 10.9. The molecule has 6 nitrogen and oxygen atoms in total. The normalized spacial score (nSPS) is 16.8. The highest BCUT2D eigenvalue weighted by Crippen LogP contribution is 2.14. The molecule has 1 amide bonds. The molecule has 0 aromatic heterocycles. The molecule has 1 heterocycles. The number of amides is 1. The van der Waals surface area contributed by atoms with Gasteiger partial charge < -0.3 is 5.32 Å². The van der Waals surface area contributed by atoms with Gasteiger partial charge in [-0.15, -0.1) is 0 Å². The first-order valence-corrected chi connectivity index (χ1v) is 8.82. The van der Waals surface area contributed by atoms with Crippen LogP contribution in [0.4, 0.5) is 14.5 Å². The van der Waals surface area contributed by atoms with Crippen molar-refractivity contribution in [2.24, 2.45) is 0 Å². The smallest absolute Gasteiger partial charge is 0.279 e. The monoisotopic (exact) mass is 347 g/mol. The highest BCUT2D eigenvalue weighted by Gasteiger charge is 2.23. The first kappa shape index (κ1) is 17.8. The van der Waals surface area contributed by atoms with Gasteiger partial charge in [-0.3, -0.25) is 4.79 Å². The molecule has 1 aliphatic rings. The van der Waals surface area contributed by atoms with Gasteiger partial charge in [0.05, 0.1) is 6.54 Å². The fraction of sp³-hybridized carbons (Fsp3) is 0.500. The van der Waals surface area contributed by atoms with Crippen molar-refractivity contribution in [1.29, 1.82) is 0 Å².